The molecule has 0 aliphatic carbocycles. The van der Waals surface area contributed by atoms with Crippen molar-refractivity contribution in [1.29, 1.82) is 0 Å². The van der Waals surface area contributed by atoms with Crippen LogP contribution in [0.15, 0.2) is 78.9 Å². The second-order valence-corrected chi connectivity index (χ2v) is 8.41. The molecule has 2 amide bonds. The highest BCUT2D eigenvalue weighted by molar-refractivity contribution is 6.31. The Hall–Kier alpha value is -3.31. The highest BCUT2D eigenvalue weighted by Gasteiger charge is 2.30. The van der Waals surface area contributed by atoms with Crippen LogP contribution in [0.2, 0.25) is 5.02 Å². The normalized spacial score (nSPS) is 11.5. The summed E-state index contributed by atoms with van der Waals surface area (Å²) in [4.78, 5) is 28.2. The van der Waals surface area contributed by atoms with Crippen LogP contribution >= 0.6 is 11.6 Å². The predicted octanol–water partition coefficient (Wildman–Crippen LogP) is 5.06. The molecule has 0 unspecified atom stereocenters. The highest BCUT2D eigenvalue weighted by atomic mass is 35.5. The summed E-state index contributed by atoms with van der Waals surface area (Å²) in [5.74, 6) is 0.117. The van der Waals surface area contributed by atoms with Crippen LogP contribution in [0, 0.1) is 0 Å². The number of halogens is 1. The lowest BCUT2D eigenvalue weighted by atomic mass is 10.0. The van der Waals surface area contributed by atoms with Gasteiger partial charge in [-0.25, -0.2) is 0 Å². The van der Waals surface area contributed by atoms with Gasteiger partial charge in [0, 0.05) is 24.5 Å². The number of aryl methyl sites for hydroxylation is 1. The number of amides is 2. The zero-order chi connectivity index (χ0) is 24.3. The molecule has 0 spiro atoms. The molecule has 0 fully saturated rings. The Morgan fingerprint density at radius 2 is 1.59 bits per heavy atom. The van der Waals surface area contributed by atoms with E-state index in [9.17, 15) is 9.59 Å². The first kappa shape index (κ1) is 25.3. The average molecular weight is 479 g/mol. The summed E-state index contributed by atoms with van der Waals surface area (Å²) in [5, 5.41) is 3.43. The Labute approximate surface area is 206 Å². The second kappa shape index (κ2) is 12.8. The molecule has 3 aromatic carbocycles. The highest BCUT2D eigenvalue weighted by Crippen LogP contribution is 2.21. The first-order valence-corrected chi connectivity index (χ1v) is 12.0. The van der Waals surface area contributed by atoms with E-state index >= 15 is 0 Å². The topological polar surface area (TPSA) is 58.6 Å². The van der Waals surface area contributed by atoms with E-state index < -0.39 is 6.04 Å². The largest absolute Gasteiger partial charge is 0.484 e. The number of benzene rings is 3. The van der Waals surface area contributed by atoms with Crippen LogP contribution in [-0.4, -0.2) is 35.9 Å². The smallest absolute Gasteiger partial charge is 0.261 e. The van der Waals surface area contributed by atoms with Crippen molar-refractivity contribution in [3.63, 3.8) is 0 Å². The number of nitrogens with zero attached hydrogens (tertiary/aromatic N) is 1. The van der Waals surface area contributed by atoms with Gasteiger partial charge in [-0.2, -0.15) is 0 Å². The van der Waals surface area contributed by atoms with Crippen LogP contribution in [-0.2, 0) is 29.0 Å². The summed E-state index contributed by atoms with van der Waals surface area (Å²) in [7, 11) is 0. The molecule has 178 valence electrons. The van der Waals surface area contributed by atoms with Crippen LogP contribution in [0.25, 0.3) is 0 Å². The van der Waals surface area contributed by atoms with Gasteiger partial charge in [-0.15, -0.1) is 0 Å². The van der Waals surface area contributed by atoms with Crippen molar-refractivity contribution in [2.24, 2.45) is 0 Å². The van der Waals surface area contributed by atoms with Gasteiger partial charge in [-0.1, -0.05) is 79.2 Å². The van der Waals surface area contributed by atoms with Crippen molar-refractivity contribution in [1.82, 2.24) is 10.2 Å². The molecule has 3 rings (SSSR count). The Morgan fingerprint density at radius 1 is 0.912 bits per heavy atom. The standard InChI is InChI=1S/C28H31ClN2O3/c1-3-21-14-16-24(17-15-21)34-20-27(32)31(19-23-12-8-9-13-25(23)29)26(28(33)30-4-2)18-22-10-6-5-7-11-22/h5-17,26H,3-4,18-20H2,1-2H3,(H,30,33)/t26-/m0/s1. The molecular weight excluding hydrogens is 448 g/mol. The molecule has 0 radical (unpaired) electrons. The molecule has 0 aromatic heterocycles. The average Bonchev–Trinajstić information content (AvgIpc) is 2.86. The molecule has 1 N–H and O–H groups in total. The van der Waals surface area contributed by atoms with E-state index in [1.165, 1.54) is 5.56 Å². The van der Waals surface area contributed by atoms with Crippen molar-refractivity contribution in [3.8, 4) is 5.75 Å². The number of rotatable bonds is 11. The zero-order valence-corrected chi connectivity index (χ0v) is 20.4. The number of carbonyl (C=O) groups excluding carboxylic acids is 2. The monoisotopic (exact) mass is 478 g/mol. The van der Waals surface area contributed by atoms with Crippen molar-refractivity contribution in [2.75, 3.05) is 13.2 Å². The molecule has 0 saturated heterocycles. The Kier molecular flexibility index (Phi) is 9.53. The van der Waals surface area contributed by atoms with Gasteiger partial charge in [0.15, 0.2) is 6.61 Å². The number of hydrogen-bond donors (Lipinski definition) is 1. The van der Waals surface area contributed by atoms with Crippen LogP contribution in [0.5, 0.6) is 5.75 Å². The minimum absolute atomic E-state index is 0.180. The molecule has 0 bridgehead atoms. The fourth-order valence-corrected chi connectivity index (χ4v) is 3.90. The molecule has 0 heterocycles. The van der Waals surface area contributed by atoms with Crippen LogP contribution in [0.4, 0.5) is 0 Å². The lowest BCUT2D eigenvalue weighted by Gasteiger charge is -2.31. The number of hydrogen-bond acceptors (Lipinski definition) is 3. The number of ether oxygens (including phenoxy) is 1. The maximum Gasteiger partial charge on any atom is 0.261 e. The van der Waals surface area contributed by atoms with Gasteiger partial charge in [-0.3, -0.25) is 9.59 Å². The summed E-state index contributed by atoms with van der Waals surface area (Å²) < 4.78 is 5.80. The molecule has 5 nitrogen and oxygen atoms in total. The summed E-state index contributed by atoms with van der Waals surface area (Å²) in [6.45, 7) is 4.44. The third kappa shape index (κ3) is 7.09. The lowest BCUT2D eigenvalue weighted by molar-refractivity contribution is -0.142. The van der Waals surface area contributed by atoms with E-state index in [0.717, 1.165) is 17.5 Å². The van der Waals surface area contributed by atoms with Crippen molar-refractivity contribution >= 4 is 23.4 Å². The molecule has 0 saturated carbocycles. The molecule has 0 aliphatic rings. The Morgan fingerprint density at radius 3 is 2.24 bits per heavy atom. The third-order valence-electron chi connectivity index (χ3n) is 5.61. The molecule has 0 aliphatic heterocycles. The molecular formula is C28H31ClN2O3. The number of likely N-dealkylation sites (N-methyl/N-ethyl adjacent to an activating group) is 1. The molecule has 1 atom stereocenters. The van der Waals surface area contributed by atoms with Crippen LogP contribution in [0.3, 0.4) is 0 Å². The van der Waals surface area contributed by atoms with E-state index in [1.807, 2.05) is 79.7 Å². The van der Waals surface area contributed by atoms with Gasteiger partial charge in [0.2, 0.25) is 5.91 Å². The summed E-state index contributed by atoms with van der Waals surface area (Å²) >= 11 is 6.41. The minimum Gasteiger partial charge on any atom is -0.484 e. The third-order valence-corrected chi connectivity index (χ3v) is 5.98. The lowest BCUT2D eigenvalue weighted by Crippen LogP contribution is -2.51. The maximum atomic E-state index is 13.5. The Bertz CT molecular complexity index is 1070. The quantitative estimate of drug-likeness (QED) is 0.419. The summed E-state index contributed by atoms with van der Waals surface area (Å²) in [5.41, 5.74) is 2.93. The van der Waals surface area contributed by atoms with Crippen molar-refractivity contribution in [2.45, 2.75) is 39.3 Å². The zero-order valence-electron chi connectivity index (χ0n) is 19.7. The van der Waals surface area contributed by atoms with Gasteiger partial charge >= 0.3 is 0 Å². The minimum atomic E-state index is -0.711. The molecule has 34 heavy (non-hydrogen) atoms. The SMILES string of the molecule is CCNC(=O)[C@H](Cc1ccccc1)N(Cc1ccccc1Cl)C(=O)COc1ccc(CC)cc1. The van der Waals surface area contributed by atoms with E-state index in [1.54, 1.807) is 11.0 Å². The fraction of sp³-hybridized carbons (Fsp3) is 0.286. The Balaban J connectivity index is 1.87. The van der Waals surface area contributed by atoms with E-state index in [2.05, 4.69) is 12.2 Å². The fourth-order valence-electron chi connectivity index (χ4n) is 3.71. The summed E-state index contributed by atoms with van der Waals surface area (Å²) in [6.07, 6.45) is 1.31. The maximum absolute atomic E-state index is 13.5. The first-order valence-electron chi connectivity index (χ1n) is 11.6. The molecule has 3 aromatic rings. The number of nitrogens with one attached hydrogen (secondary N) is 1. The van der Waals surface area contributed by atoms with Crippen LogP contribution in [0.1, 0.15) is 30.5 Å². The van der Waals surface area contributed by atoms with Gasteiger partial charge in [-0.05, 0) is 48.2 Å². The summed E-state index contributed by atoms with van der Waals surface area (Å²) in [6, 6.07) is 24.0. The second-order valence-electron chi connectivity index (χ2n) is 8.00. The van der Waals surface area contributed by atoms with Gasteiger partial charge in [0.25, 0.3) is 5.91 Å². The first-order chi connectivity index (χ1) is 16.5. The predicted molar refractivity (Wildman–Crippen MR) is 136 cm³/mol. The molecule has 6 heteroatoms. The van der Waals surface area contributed by atoms with E-state index in [4.69, 9.17) is 16.3 Å². The van der Waals surface area contributed by atoms with Gasteiger partial charge in [0.05, 0.1) is 0 Å². The van der Waals surface area contributed by atoms with Crippen molar-refractivity contribution < 1.29 is 14.3 Å². The van der Waals surface area contributed by atoms with Crippen LogP contribution < -0.4 is 10.1 Å². The van der Waals surface area contributed by atoms with Gasteiger partial charge in [0.1, 0.15) is 11.8 Å². The van der Waals surface area contributed by atoms with E-state index in [0.29, 0.717) is 23.7 Å². The van der Waals surface area contributed by atoms with Gasteiger partial charge < -0.3 is 15.0 Å². The van der Waals surface area contributed by atoms with E-state index in [-0.39, 0.29) is 25.0 Å². The van der Waals surface area contributed by atoms with Crippen molar-refractivity contribution in [3.05, 3.63) is 101 Å². The number of carbonyl (C=O) groups is 2.